The van der Waals surface area contributed by atoms with Gasteiger partial charge in [-0.2, -0.15) is 5.10 Å². The van der Waals surface area contributed by atoms with Gasteiger partial charge in [-0.05, 0) is 48.0 Å². The van der Waals surface area contributed by atoms with E-state index in [9.17, 15) is 4.79 Å². The molecule has 0 bridgehead atoms. The first-order valence-electron chi connectivity index (χ1n) is 10.1. The lowest BCUT2D eigenvalue weighted by atomic mass is 10.0. The first kappa shape index (κ1) is 20.3. The number of rotatable bonds is 6. The number of benzene rings is 2. The Hall–Kier alpha value is -3.65. The van der Waals surface area contributed by atoms with Crippen molar-refractivity contribution in [1.29, 1.82) is 0 Å². The molecule has 0 N–H and O–H groups in total. The second-order valence-corrected chi connectivity index (χ2v) is 8.20. The summed E-state index contributed by atoms with van der Waals surface area (Å²) in [7, 11) is 1.63. The third-order valence-electron chi connectivity index (χ3n) is 5.30. The summed E-state index contributed by atoms with van der Waals surface area (Å²) in [5.74, 6) is 1.58. The fourth-order valence-corrected chi connectivity index (χ4v) is 4.53. The number of amides is 1. The Balaban J connectivity index is 1.39. The number of methoxy groups -OCH3 is 1. The predicted molar refractivity (Wildman–Crippen MR) is 123 cm³/mol. The summed E-state index contributed by atoms with van der Waals surface area (Å²) in [6.45, 7) is 0. The summed E-state index contributed by atoms with van der Waals surface area (Å²) < 4.78 is 10.9. The number of ether oxygens (including phenoxy) is 1. The van der Waals surface area contributed by atoms with Crippen LogP contribution < -0.4 is 4.74 Å². The summed E-state index contributed by atoms with van der Waals surface area (Å²) in [5.41, 5.74) is 2.64. The zero-order valence-corrected chi connectivity index (χ0v) is 18.2. The number of hydrogen-bond acceptors (Lipinski definition) is 7. The van der Waals surface area contributed by atoms with Gasteiger partial charge < -0.3 is 9.15 Å². The molecule has 32 heavy (non-hydrogen) atoms. The van der Waals surface area contributed by atoms with Crippen LogP contribution in [0, 0.1) is 0 Å². The van der Waals surface area contributed by atoms with Gasteiger partial charge in [0.05, 0.1) is 30.4 Å². The standard InChI is InChI=1S/C24H20N4O3S/c1-30-17-10-8-16(9-11-17)20-13-21(22-7-4-12-31-22)28(27-20)23(29)14-32-24-18-5-2-3-6-19(18)25-15-26-24/h2-12,15,21H,13-14H2,1H3. The fraction of sp³-hybridized carbons (Fsp3) is 0.167. The summed E-state index contributed by atoms with van der Waals surface area (Å²) in [4.78, 5) is 21.9. The van der Waals surface area contributed by atoms with Crippen molar-refractivity contribution >= 4 is 34.3 Å². The third kappa shape index (κ3) is 3.97. The van der Waals surface area contributed by atoms with Gasteiger partial charge in [0.2, 0.25) is 0 Å². The predicted octanol–water partition coefficient (Wildman–Crippen LogP) is 4.70. The summed E-state index contributed by atoms with van der Waals surface area (Å²) >= 11 is 1.39. The molecule has 3 heterocycles. The molecule has 5 rings (SSSR count). The maximum absolute atomic E-state index is 13.2. The van der Waals surface area contributed by atoms with E-state index in [1.54, 1.807) is 13.4 Å². The van der Waals surface area contributed by atoms with Crippen molar-refractivity contribution in [2.45, 2.75) is 17.5 Å². The quantitative estimate of drug-likeness (QED) is 0.317. The van der Waals surface area contributed by atoms with E-state index in [0.717, 1.165) is 33.0 Å². The van der Waals surface area contributed by atoms with Gasteiger partial charge in [-0.15, -0.1) is 0 Å². The van der Waals surface area contributed by atoms with Crippen LogP contribution in [0.2, 0.25) is 0 Å². The number of thioether (sulfide) groups is 1. The van der Waals surface area contributed by atoms with Crippen molar-refractivity contribution in [2.24, 2.45) is 5.10 Å². The number of furan rings is 1. The highest BCUT2D eigenvalue weighted by molar-refractivity contribution is 8.00. The van der Waals surface area contributed by atoms with Crippen molar-refractivity contribution in [3.8, 4) is 5.75 Å². The molecule has 0 saturated heterocycles. The smallest absolute Gasteiger partial charge is 0.253 e. The summed E-state index contributed by atoms with van der Waals surface area (Å²) in [5, 5.41) is 7.92. The lowest BCUT2D eigenvalue weighted by Gasteiger charge is -2.19. The van der Waals surface area contributed by atoms with E-state index in [1.165, 1.54) is 23.1 Å². The molecular formula is C24H20N4O3S. The van der Waals surface area contributed by atoms with E-state index in [2.05, 4.69) is 15.1 Å². The topological polar surface area (TPSA) is 80.8 Å². The largest absolute Gasteiger partial charge is 0.497 e. The lowest BCUT2D eigenvalue weighted by Crippen LogP contribution is -2.28. The summed E-state index contributed by atoms with van der Waals surface area (Å²) in [6.07, 6.45) is 3.72. The first-order chi connectivity index (χ1) is 15.7. The molecule has 1 amide bonds. The molecule has 7 nitrogen and oxygen atoms in total. The molecule has 1 atom stereocenters. The minimum atomic E-state index is -0.280. The molecule has 8 heteroatoms. The van der Waals surface area contributed by atoms with Crippen molar-refractivity contribution in [2.75, 3.05) is 12.9 Å². The third-order valence-corrected chi connectivity index (χ3v) is 6.29. The van der Waals surface area contributed by atoms with Gasteiger partial charge in [-0.1, -0.05) is 30.0 Å². The van der Waals surface area contributed by atoms with Crippen LogP contribution >= 0.6 is 11.8 Å². The monoisotopic (exact) mass is 444 g/mol. The Morgan fingerprint density at radius 2 is 1.97 bits per heavy atom. The van der Waals surface area contributed by atoms with E-state index < -0.39 is 0 Å². The van der Waals surface area contributed by atoms with Gasteiger partial charge in [0.15, 0.2) is 0 Å². The minimum absolute atomic E-state index is 0.109. The highest BCUT2D eigenvalue weighted by Crippen LogP contribution is 2.34. The molecule has 2 aromatic carbocycles. The molecule has 0 saturated carbocycles. The Labute approximate surface area is 189 Å². The number of nitrogens with zero attached hydrogens (tertiary/aromatic N) is 4. The Kier molecular flexibility index (Phi) is 5.60. The molecule has 1 unspecified atom stereocenters. The maximum Gasteiger partial charge on any atom is 0.253 e. The van der Waals surface area contributed by atoms with Gasteiger partial charge in [0, 0.05) is 11.8 Å². The molecule has 2 aromatic heterocycles. The Morgan fingerprint density at radius 1 is 1.12 bits per heavy atom. The number of hydrazone groups is 1. The first-order valence-corrected chi connectivity index (χ1v) is 11.1. The molecule has 4 aromatic rings. The van der Waals surface area contributed by atoms with E-state index in [4.69, 9.17) is 9.15 Å². The molecule has 160 valence electrons. The number of hydrogen-bond donors (Lipinski definition) is 0. The number of carbonyl (C=O) groups is 1. The number of carbonyl (C=O) groups excluding carboxylic acids is 1. The van der Waals surface area contributed by atoms with Gasteiger partial charge in [-0.3, -0.25) is 4.79 Å². The maximum atomic E-state index is 13.2. The van der Waals surface area contributed by atoms with Crippen LogP contribution in [0.5, 0.6) is 5.75 Å². The SMILES string of the molecule is COc1ccc(C2=NN(C(=O)CSc3ncnc4ccccc34)C(c3ccco3)C2)cc1. The Bertz CT molecular complexity index is 1270. The van der Waals surface area contributed by atoms with Crippen LogP contribution in [0.25, 0.3) is 10.9 Å². The van der Waals surface area contributed by atoms with E-state index >= 15 is 0 Å². The fourth-order valence-electron chi connectivity index (χ4n) is 3.69. The van der Waals surface area contributed by atoms with Crippen molar-refractivity contribution < 1.29 is 13.9 Å². The second kappa shape index (κ2) is 8.84. The van der Waals surface area contributed by atoms with Crippen LogP contribution in [0.3, 0.4) is 0 Å². The molecule has 1 aliphatic heterocycles. The zero-order chi connectivity index (χ0) is 21.9. The molecule has 0 fully saturated rings. The van der Waals surface area contributed by atoms with Crippen molar-refractivity contribution in [1.82, 2.24) is 15.0 Å². The van der Waals surface area contributed by atoms with Crippen molar-refractivity contribution in [3.63, 3.8) is 0 Å². The molecule has 0 spiro atoms. The van der Waals surface area contributed by atoms with Crippen LogP contribution in [-0.2, 0) is 4.79 Å². The second-order valence-electron chi connectivity index (χ2n) is 7.23. The lowest BCUT2D eigenvalue weighted by molar-refractivity contribution is -0.130. The van der Waals surface area contributed by atoms with Crippen LogP contribution in [0.4, 0.5) is 0 Å². The van der Waals surface area contributed by atoms with Crippen molar-refractivity contribution in [3.05, 3.63) is 84.6 Å². The van der Waals surface area contributed by atoms with Gasteiger partial charge in [-0.25, -0.2) is 15.0 Å². The zero-order valence-electron chi connectivity index (χ0n) is 17.3. The van der Waals surface area contributed by atoms with E-state index in [0.29, 0.717) is 12.2 Å². The van der Waals surface area contributed by atoms with Gasteiger partial charge in [0.25, 0.3) is 5.91 Å². The molecule has 0 aliphatic carbocycles. The number of para-hydroxylation sites is 1. The van der Waals surface area contributed by atoms with E-state index in [1.807, 2.05) is 60.7 Å². The highest BCUT2D eigenvalue weighted by Gasteiger charge is 2.34. The normalized spacial score (nSPS) is 15.7. The van der Waals surface area contributed by atoms with E-state index in [-0.39, 0.29) is 17.7 Å². The highest BCUT2D eigenvalue weighted by atomic mass is 32.2. The van der Waals surface area contributed by atoms with Gasteiger partial charge >= 0.3 is 0 Å². The molecular weight excluding hydrogens is 424 g/mol. The van der Waals surface area contributed by atoms with Gasteiger partial charge in [0.1, 0.15) is 28.9 Å². The number of fused-ring (bicyclic) bond motifs is 1. The minimum Gasteiger partial charge on any atom is -0.497 e. The molecule has 1 aliphatic rings. The average Bonchev–Trinajstić information content (AvgIpc) is 3.53. The average molecular weight is 445 g/mol. The molecule has 0 radical (unpaired) electrons. The van der Waals surface area contributed by atoms with Crippen LogP contribution in [0.15, 0.2) is 87.8 Å². The Morgan fingerprint density at radius 3 is 2.75 bits per heavy atom. The summed E-state index contributed by atoms with van der Waals surface area (Å²) in [6, 6.07) is 18.9. The van der Waals surface area contributed by atoms with Crippen LogP contribution in [-0.4, -0.2) is 39.5 Å². The number of aromatic nitrogens is 2. The van der Waals surface area contributed by atoms with Crippen LogP contribution in [0.1, 0.15) is 23.8 Å².